The number of nitrogens with zero attached hydrogens (tertiary/aromatic N) is 2. The number of benzene rings is 1. The normalized spacial score (nSPS) is 13.0. The van der Waals surface area contributed by atoms with Crippen molar-refractivity contribution < 1.29 is 9.53 Å². The Kier molecular flexibility index (Phi) is 5.78. The molecule has 0 saturated heterocycles. The van der Waals surface area contributed by atoms with E-state index in [0.29, 0.717) is 21.9 Å². The number of fused-ring (bicyclic) bond motifs is 1. The van der Waals surface area contributed by atoms with Gasteiger partial charge in [0.05, 0.1) is 22.2 Å². The second-order valence-corrected chi connectivity index (χ2v) is 7.49. The second kappa shape index (κ2) is 8.23. The first-order chi connectivity index (χ1) is 12.6. The van der Waals surface area contributed by atoms with E-state index < -0.39 is 0 Å². The Bertz CT molecular complexity index is 924. The molecule has 0 saturated carbocycles. The summed E-state index contributed by atoms with van der Waals surface area (Å²) in [6.07, 6.45) is 5.22. The van der Waals surface area contributed by atoms with Gasteiger partial charge in [0.15, 0.2) is 6.61 Å². The van der Waals surface area contributed by atoms with E-state index in [-0.39, 0.29) is 17.5 Å². The summed E-state index contributed by atoms with van der Waals surface area (Å²) in [6.45, 7) is -0.223. The Morgan fingerprint density at radius 2 is 2.04 bits per heavy atom. The van der Waals surface area contributed by atoms with Crippen LogP contribution in [0.25, 0.3) is 0 Å². The van der Waals surface area contributed by atoms with E-state index in [4.69, 9.17) is 21.6 Å². The van der Waals surface area contributed by atoms with Crippen LogP contribution in [-0.4, -0.2) is 12.5 Å². The molecule has 132 valence electrons. The summed E-state index contributed by atoms with van der Waals surface area (Å²) in [6, 6.07) is 8.84. The zero-order valence-corrected chi connectivity index (χ0v) is 15.5. The van der Waals surface area contributed by atoms with E-state index >= 15 is 0 Å². The van der Waals surface area contributed by atoms with E-state index in [2.05, 4.69) is 11.4 Å². The van der Waals surface area contributed by atoms with Crippen LogP contribution in [0.15, 0.2) is 18.2 Å². The van der Waals surface area contributed by atoms with Crippen molar-refractivity contribution in [2.45, 2.75) is 32.1 Å². The molecule has 0 aliphatic heterocycles. The lowest BCUT2D eigenvalue weighted by Crippen LogP contribution is -2.20. The minimum Gasteiger partial charge on any atom is -0.482 e. The predicted molar refractivity (Wildman–Crippen MR) is 101 cm³/mol. The lowest BCUT2D eigenvalue weighted by atomic mass is 10.1. The SMILES string of the molecule is N#Cc1ccc(OCC(=O)Nc2sc3c(c2C#N)CCCCC3)c(Cl)c1. The van der Waals surface area contributed by atoms with E-state index in [1.165, 1.54) is 28.7 Å². The Morgan fingerprint density at radius 1 is 1.23 bits per heavy atom. The molecule has 7 heteroatoms. The molecule has 1 aliphatic rings. The number of carbonyl (C=O) groups excluding carboxylic acids is 1. The molecule has 0 fully saturated rings. The predicted octanol–water partition coefficient (Wildman–Crippen LogP) is 4.43. The molecule has 1 aliphatic carbocycles. The minimum absolute atomic E-state index is 0.223. The number of hydrogen-bond donors (Lipinski definition) is 1. The molecule has 1 N–H and O–H groups in total. The molecular weight excluding hydrogens is 370 g/mol. The van der Waals surface area contributed by atoms with Crippen LogP contribution in [0.4, 0.5) is 5.00 Å². The second-order valence-electron chi connectivity index (χ2n) is 5.97. The molecule has 1 aromatic heterocycles. The topological polar surface area (TPSA) is 85.9 Å². The van der Waals surface area contributed by atoms with Crippen molar-refractivity contribution in [3.8, 4) is 17.9 Å². The molecule has 0 atom stereocenters. The molecule has 3 rings (SSSR count). The maximum Gasteiger partial charge on any atom is 0.262 e. The molecule has 5 nitrogen and oxygen atoms in total. The summed E-state index contributed by atoms with van der Waals surface area (Å²) in [4.78, 5) is 13.4. The zero-order chi connectivity index (χ0) is 18.5. The maximum atomic E-state index is 12.2. The van der Waals surface area contributed by atoms with Gasteiger partial charge in [-0.2, -0.15) is 10.5 Å². The quantitative estimate of drug-likeness (QED) is 0.788. The van der Waals surface area contributed by atoms with E-state index in [0.717, 1.165) is 31.2 Å². The van der Waals surface area contributed by atoms with Gasteiger partial charge in [0, 0.05) is 4.88 Å². The van der Waals surface area contributed by atoms with Crippen molar-refractivity contribution in [2.24, 2.45) is 0 Å². The first kappa shape index (κ1) is 18.3. The third-order valence-corrected chi connectivity index (χ3v) is 5.71. The summed E-state index contributed by atoms with van der Waals surface area (Å²) in [5, 5.41) is 22.0. The number of nitriles is 2. The van der Waals surface area contributed by atoms with Crippen LogP contribution in [0.1, 0.15) is 40.8 Å². The van der Waals surface area contributed by atoms with Gasteiger partial charge in [-0.1, -0.05) is 18.0 Å². The molecular formula is C19H16ClN3O2S. The van der Waals surface area contributed by atoms with Crippen LogP contribution in [0.5, 0.6) is 5.75 Å². The lowest BCUT2D eigenvalue weighted by molar-refractivity contribution is -0.118. The number of rotatable bonds is 4. The fourth-order valence-electron chi connectivity index (χ4n) is 2.94. The van der Waals surface area contributed by atoms with E-state index in [1.54, 1.807) is 12.1 Å². The third kappa shape index (κ3) is 3.99. The van der Waals surface area contributed by atoms with Crippen molar-refractivity contribution >= 4 is 33.8 Å². The monoisotopic (exact) mass is 385 g/mol. The number of anilines is 1. The first-order valence-corrected chi connectivity index (χ1v) is 9.48. The van der Waals surface area contributed by atoms with Crippen molar-refractivity contribution in [3.05, 3.63) is 44.8 Å². The molecule has 0 spiro atoms. The van der Waals surface area contributed by atoms with Gasteiger partial charge in [-0.25, -0.2) is 0 Å². The van der Waals surface area contributed by atoms with Crippen LogP contribution in [0.3, 0.4) is 0 Å². The van der Waals surface area contributed by atoms with Crippen LogP contribution in [-0.2, 0) is 17.6 Å². The van der Waals surface area contributed by atoms with Gasteiger partial charge >= 0.3 is 0 Å². The summed E-state index contributed by atoms with van der Waals surface area (Å²) in [7, 11) is 0. The van der Waals surface area contributed by atoms with Gasteiger partial charge in [0.2, 0.25) is 0 Å². The van der Waals surface area contributed by atoms with Gasteiger partial charge in [0.25, 0.3) is 5.91 Å². The number of hydrogen-bond acceptors (Lipinski definition) is 5. The van der Waals surface area contributed by atoms with Gasteiger partial charge in [-0.3, -0.25) is 4.79 Å². The molecule has 0 bridgehead atoms. The Balaban J connectivity index is 1.67. The highest BCUT2D eigenvalue weighted by Gasteiger charge is 2.21. The number of thiophene rings is 1. The number of halogens is 1. The van der Waals surface area contributed by atoms with Crippen molar-refractivity contribution in [2.75, 3.05) is 11.9 Å². The van der Waals surface area contributed by atoms with E-state index in [9.17, 15) is 10.1 Å². The summed E-state index contributed by atoms with van der Waals surface area (Å²) in [5.74, 6) is -0.0124. The fraction of sp³-hybridized carbons (Fsp3) is 0.316. The van der Waals surface area contributed by atoms with Crippen LogP contribution >= 0.6 is 22.9 Å². The average Bonchev–Trinajstić information content (AvgIpc) is 2.79. The number of aryl methyl sites for hydroxylation is 1. The average molecular weight is 386 g/mol. The van der Waals surface area contributed by atoms with Crippen molar-refractivity contribution in [1.29, 1.82) is 10.5 Å². The Morgan fingerprint density at radius 3 is 2.77 bits per heavy atom. The van der Waals surface area contributed by atoms with Gasteiger partial charge in [-0.15, -0.1) is 11.3 Å². The summed E-state index contributed by atoms with van der Waals surface area (Å²) >= 11 is 7.52. The van der Waals surface area contributed by atoms with Gasteiger partial charge in [-0.05, 0) is 49.4 Å². The fourth-order valence-corrected chi connectivity index (χ4v) is 4.43. The smallest absolute Gasteiger partial charge is 0.262 e. The number of nitrogens with one attached hydrogen (secondary N) is 1. The Labute approximate surface area is 160 Å². The van der Waals surface area contributed by atoms with Crippen molar-refractivity contribution in [3.63, 3.8) is 0 Å². The minimum atomic E-state index is -0.349. The lowest BCUT2D eigenvalue weighted by Gasteiger charge is -2.08. The standard InChI is InChI=1S/C19H16ClN3O2S/c20-15-8-12(9-21)6-7-16(15)25-11-18(24)23-19-14(10-22)13-4-2-1-3-5-17(13)26-19/h6-8H,1-5,11H2,(H,23,24). The molecule has 26 heavy (non-hydrogen) atoms. The molecule has 1 heterocycles. The van der Waals surface area contributed by atoms with Gasteiger partial charge in [0.1, 0.15) is 16.8 Å². The van der Waals surface area contributed by atoms with E-state index in [1.807, 2.05) is 6.07 Å². The zero-order valence-electron chi connectivity index (χ0n) is 14.0. The highest BCUT2D eigenvalue weighted by atomic mass is 35.5. The number of carbonyl (C=O) groups is 1. The first-order valence-electron chi connectivity index (χ1n) is 8.29. The highest BCUT2D eigenvalue weighted by molar-refractivity contribution is 7.16. The summed E-state index contributed by atoms with van der Waals surface area (Å²) < 4.78 is 5.43. The van der Waals surface area contributed by atoms with Crippen LogP contribution < -0.4 is 10.1 Å². The third-order valence-electron chi connectivity index (χ3n) is 4.21. The molecule has 2 aromatic rings. The molecule has 1 aromatic carbocycles. The van der Waals surface area contributed by atoms with Crippen molar-refractivity contribution in [1.82, 2.24) is 0 Å². The summed E-state index contributed by atoms with van der Waals surface area (Å²) in [5.41, 5.74) is 2.09. The largest absolute Gasteiger partial charge is 0.482 e. The highest BCUT2D eigenvalue weighted by Crippen LogP contribution is 2.37. The maximum absolute atomic E-state index is 12.2. The van der Waals surface area contributed by atoms with Gasteiger partial charge < -0.3 is 10.1 Å². The molecule has 1 amide bonds. The number of ether oxygens (including phenoxy) is 1. The molecule has 0 radical (unpaired) electrons. The van der Waals surface area contributed by atoms with Crippen LogP contribution in [0, 0.1) is 22.7 Å². The number of amides is 1. The molecule has 0 unspecified atom stereocenters. The van der Waals surface area contributed by atoms with Crippen LogP contribution in [0.2, 0.25) is 5.02 Å². The Hall–Kier alpha value is -2.54.